The van der Waals surface area contributed by atoms with Gasteiger partial charge in [-0.25, -0.2) is 13.1 Å². The van der Waals surface area contributed by atoms with Crippen LogP contribution >= 0.6 is 0 Å². The van der Waals surface area contributed by atoms with Crippen LogP contribution in [-0.4, -0.2) is 15.0 Å². The minimum Gasteiger partial charge on any atom is -0.326 e. The van der Waals surface area contributed by atoms with E-state index in [2.05, 4.69) is 11.6 Å². The lowest BCUT2D eigenvalue weighted by molar-refractivity contribution is 0.475. The molecular weight excluding hydrogens is 260 g/mol. The van der Waals surface area contributed by atoms with Crippen molar-refractivity contribution in [2.45, 2.75) is 44.6 Å². The first kappa shape index (κ1) is 14.5. The van der Waals surface area contributed by atoms with Gasteiger partial charge in [0.05, 0.1) is 4.90 Å². The molecular formula is C14H22N2O2S. The highest BCUT2D eigenvalue weighted by Crippen LogP contribution is 2.48. The van der Waals surface area contributed by atoms with E-state index in [1.165, 1.54) is 0 Å². The van der Waals surface area contributed by atoms with Gasteiger partial charge in [-0.2, -0.15) is 0 Å². The lowest BCUT2D eigenvalue weighted by Crippen LogP contribution is -2.30. The number of rotatable bonds is 6. The van der Waals surface area contributed by atoms with Crippen molar-refractivity contribution < 1.29 is 8.42 Å². The Hall–Kier alpha value is -0.910. The monoisotopic (exact) mass is 282 g/mol. The van der Waals surface area contributed by atoms with Crippen molar-refractivity contribution in [3.05, 3.63) is 29.3 Å². The van der Waals surface area contributed by atoms with E-state index in [0.717, 1.165) is 30.4 Å². The van der Waals surface area contributed by atoms with E-state index in [0.29, 0.717) is 18.0 Å². The Labute approximate surface area is 115 Å². The van der Waals surface area contributed by atoms with Crippen molar-refractivity contribution in [1.29, 1.82) is 0 Å². The average molecular weight is 282 g/mol. The van der Waals surface area contributed by atoms with E-state index < -0.39 is 10.0 Å². The van der Waals surface area contributed by atoms with E-state index >= 15 is 0 Å². The van der Waals surface area contributed by atoms with Gasteiger partial charge in [0.15, 0.2) is 0 Å². The quantitative estimate of drug-likeness (QED) is 0.837. The molecule has 2 rings (SSSR count). The summed E-state index contributed by atoms with van der Waals surface area (Å²) in [6.45, 7) is 4.94. The van der Waals surface area contributed by atoms with Gasteiger partial charge in [0, 0.05) is 13.1 Å². The lowest BCUT2D eigenvalue weighted by atomic mass is 10.1. The molecule has 0 atom stereocenters. The van der Waals surface area contributed by atoms with Crippen LogP contribution in [-0.2, 0) is 16.6 Å². The maximum atomic E-state index is 12.3. The van der Waals surface area contributed by atoms with Gasteiger partial charge in [0.25, 0.3) is 0 Å². The maximum Gasteiger partial charge on any atom is 0.240 e. The topological polar surface area (TPSA) is 72.2 Å². The Kier molecular flexibility index (Phi) is 3.99. The van der Waals surface area contributed by atoms with E-state index in [4.69, 9.17) is 5.73 Å². The van der Waals surface area contributed by atoms with Gasteiger partial charge in [0.1, 0.15) is 0 Å². The number of sulfonamides is 1. The summed E-state index contributed by atoms with van der Waals surface area (Å²) in [5, 5.41) is 0. The third-order valence-corrected chi connectivity index (χ3v) is 5.59. The number of aryl methyl sites for hydroxylation is 1. The predicted molar refractivity (Wildman–Crippen MR) is 76.2 cm³/mol. The molecule has 0 saturated heterocycles. The molecule has 19 heavy (non-hydrogen) atoms. The molecule has 0 amide bonds. The summed E-state index contributed by atoms with van der Waals surface area (Å²) < 4.78 is 27.2. The second-order valence-corrected chi connectivity index (χ2v) is 7.24. The number of benzene rings is 1. The third kappa shape index (κ3) is 3.16. The molecule has 1 saturated carbocycles. The summed E-state index contributed by atoms with van der Waals surface area (Å²) in [5.74, 6) is 0. The highest BCUT2D eigenvalue weighted by molar-refractivity contribution is 7.89. The number of hydrogen-bond acceptors (Lipinski definition) is 3. The maximum absolute atomic E-state index is 12.3. The standard InChI is InChI=1S/C14H22N2O2S/c1-3-14(6-7-14)10-16-19(17,18)13-5-4-11(2)12(8-13)9-15/h4-5,8,16H,3,6-7,9-10,15H2,1-2H3. The van der Waals surface area contributed by atoms with Crippen LogP contribution in [0.1, 0.15) is 37.3 Å². The molecule has 1 aliphatic carbocycles. The molecule has 5 heteroatoms. The molecule has 106 valence electrons. The van der Waals surface area contributed by atoms with Crippen LogP contribution in [0.4, 0.5) is 0 Å². The second kappa shape index (κ2) is 5.23. The number of hydrogen-bond donors (Lipinski definition) is 2. The SMILES string of the molecule is CCC1(CNS(=O)(=O)c2ccc(C)c(CN)c2)CC1. The second-order valence-electron chi connectivity index (χ2n) is 5.47. The highest BCUT2D eigenvalue weighted by Gasteiger charge is 2.41. The highest BCUT2D eigenvalue weighted by atomic mass is 32.2. The first-order valence-corrected chi connectivity index (χ1v) is 8.20. The summed E-state index contributed by atoms with van der Waals surface area (Å²) in [6, 6.07) is 5.12. The third-order valence-electron chi connectivity index (χ3n) is 4.20. The molecule has 4 nitrogen and oxygen atoms in total. The zero-order chi connectivity index (χ0) is 14.1. The molecule has 0 aliphatic heterocycles. The van der Waals surface area contributed by atoms with Gasteiger partial charge in [-0.1, -0.05) is 13.0 Å². The Balaban J connectivity index is 2.15. The van der Waals surface area contributed by atoms with Gasteiger partial charge in [-0.15, -0.1) is 0 Å². The zero-order valence-electron chi connectivity index (χ0n) is 11.6. The average Bonchev–Trinajstić information content (AvgIpc) is 3.17. The molecule has 1 aliphatic rings. The Morgan fingerprint density at radius 3 is 2.58 bits per heavy atom. The molecule has 0 aromatic heterocycles. The van der Waals surface area contributed by atoms with Crippen molar-refractivity contribution in [3.8, 4) is 0 Å². The molecule has 1 aromatic rings. The Bertz CT molecular complexity index is 563. The minimum atomic E-state index is -3.42. The molecule has 1 aromatic carbocycles. The van der Waals surface area contributed by atoms with Crippen LogP contribution < -0.4 is 10.5 Å². The van der Waals surface area contributed by atoms with Crippen LogP contribution in [0.2, 0.25) is 0 Å². The minimum absolute atomic E-state index is 0.203. The van der Waals surface area contributed by atoms with Crippen LogP contribution in [0, 0.1) is 12.3 Å². The number of nitrogens with one attached hydrogen (secondary N) is 1. The fourth-order valence-electron chi connectivity index (χ4n) is 2.20. The van der Waals surface area contributed by atoms with Crippen molar-refractivity contribution in [2.75, 3.05) is 6.54 Å². The van der Waals surface area contributed by atoms with Gasteiger partial charge in [-0.3, -0.25) is 0 Å². The van der Waals surface area contributed by atoms with Crippen molar-refractivity contribution in [2.24, 2.45) is 11.1 Å². The first-order valence-electron chi connectivity index (χ1n) is 6.72. The molecule has 0 unspecified atom stereocenters. The normalized spacial score (nSPS) is 17.4. The van der Waals surface area contributed by atoms with Crippen molar-refractivity contribution in [3.63, 3.8) is 0 Å². The molecule has 0 bridgehead atoms. The Morgan fingerprint density at radius 1 is 1.37 bits per heavy atom. The molecule has 0 spiro atoms. The summed E-state index contributed by atoms with van der Waals surface area (Å²) in [4.78, 5) is 0.311. The molecule has 1 fully saturated rings. The largest absolute Gasteiger partial charge is 0.326 e. The van der Waals surface area contributed by atoms with E-state index in [1.807, 2.05) is 13.0 Å². The van der Waals surface area contributed by atoms with Gasteiger partial charge >= 0.3 is 0 Å². The molecule has 0 heterocycles. The molecule has 0 radical (unpaired) electrons. The van der Waals surface area contributed by atoms with E-state index in [9.17, 15) is 8.42 Å². The fraction of sp³-hybridized carbons (Fsp3) is 0.571. The van der Waals surface area contributed by atoms with Gasteiger partial charge < -0.3 is 5.73 Å². The molecule has 3 N–H and O–H groups in total. The Morgan fingerprint density at radius 2 is 2.05 bits per heavy atom. The van der Waals surface area contributed by atoms with Crippen LogP contribution in [0.3, 0.4) is 0 Å². The van der Waals surface area contributed by atoms with Gasteiger partial charge in [0.2, 0.25) is 10.0 Å². The fourth-order valence-corrected chi connectivity index (χ4v) is 3.41. The number of nitrogens with two attached hydrogens (primary N) is 1. The lowest BCUT2D eigenvalue weighted by Gasteiger charge is -2.14. The van der Waals surface area contributed by atoms with E-state index in [-0.39, 0.29) is 5.41 Å². The van der Waals surface area contributed by atoms with E-state index in [1.54, 1.807) is 12.1 Å². The summed E-state index contributed by atoms with van der Waals surface area (Å²) in [7, 11) is -3.42. The summed E-state index contributed by atoms with van der Waals surface area (Å²) >= 11 is 0. The van der Waals surface area contributed by atoms with Crippen LogP contribution in [0.25, 0.3) is 0 Å². The van der Waals surface area contributed by atoms with Gasteiger partial charge in [-0.05, 0) is 54.9 Å². The smallest absolute Gasteiger partial charge is 0.240 e. The van der Waals surface area contributed by atoms with Crippen molar-refractivity contribution in [1.82, 2.24) is 4.72 Å². The summed E-state index contributed by atoms with van der Waals surface area (Å²) in [6.07, 6.45) is 3.26. The van der Waals surface area contributed by atoms with Crippen molar-refractivity contribution >= 4 is 10.0 Å². The first-order chi connectivity index (χ1) is 8.92. The zero-order valence-corrected chi connectivity index (χ0v) is 12.4. The van der Waals surface area contributed by atoms with Crippen LogP contribution in [0.15, 0.2) is 23.1 Å². The predicted octanol–water partition coefficient (Wildman–Crippen LogP) is 1.92. The van der Waals surface area contributed by atoms with Crippen LogP contribution in [0.5, 0.6) is 0 Å². The summed E-state index contributed by atoms with van der Waals surface area (Å²) in [5.41, 5.74) is 7.72.